The molecule has 2 nitrogen and oxygen atoms in total. The molecule has 0 saturated heterocycles. The molecule has 0 aromatic carbocycles. The third-order valence-corrected chi connectivity index (χ3v) is 4.71. The van der Waals surface area contributed by atoms with E-state index in [1.807, 2.05) is 23.5 Å². The van der Waals surface area contributed by atoms with Crippen molar-refractivity contribution >= 4 is 28.7 Å². The molecular weight excluding hydrogens is 248 g/mol. The first kappa shape index (κ1) is 15.2. The molecule has 1 N–H and O–H groups in total. The van der Waals surface area contributed by atoms with Gasteiger partial charge in [0.1, 0.15) is 0 Å². The summed E-state index contributed by atoms with van der Waals surface area (Å²) in [5, 5.41) is 4.71. The first-order chi connectivity index (χ1) is 8.11. The van der Waals surface area contributed by atoms with E-state index in [4.69, 9.17) is 4.99 Å². The summed E-state index contributed by atoms with van der Waals surface area (Å²) < 4.78 is 0. The maximum absolute atomic E-state index is 4.76. The highest BCUT2D eigenvalue weighted by atomic mass is 32.2. The molecule has 100 valence electrons. The van der Waals surface area contributed by atoms with Crippen LogP contribution in [0.5, 0.6) is 0 Å². The first-order valence-electron chi connectivity index (χ1n) is 6.66. The SMILES string of the molecule is CCSCCC(C)NC1=NC(CC(C)C)CS1. The van der Waals surface area contributed by atoms with Crippen molar-refractivity contribution < 1.29 is 0 Å². The molecule has 0 bridgehead atoms. The molecule has 0 amide bonds. The van der Waals surface area contributed by atoms with Crippen LogP contribution in [-0.2, 0) is 0 Å². The van der Waals surface area contributed by atoms with Gasteiger partial charge in [-0.2, -0.15) is 11.8 Å². The molecule has 0 radical (unpaired) electrons. The Bertz CT molecular complexity index is 242. The van der Waals surface area contributed by atoms with Gasteiger partial charge < -0.3 is 5.32 Å². The van der Waals surface area contributed by atoms with Crippen molar-refractivity contribution in [1.82, 2.24) is 5.32 Å². The molecule has 0 aliphatic carbocycles. The van der Waals surface area contributed by atoms with Gasteiger partial charge >= 0.3 is 0 Å². The third-order valence-electron chi connectivity index (χ3n) is 2.72. The standard InChI is InChI=1S/C13H26N2S2/c1-5-16-7-6-11(4)14-13-15-12(9-17-13)8-10(2)3/h10-12H,5-9H2,1-4H3,(H,14,15). The molecule has 1 aliphatic heterocycles. The maximum Gasteiger partial charge on any atom is 0.157 e. The highest BCUT2D eigenvalue weighted by Gasteiger charge is 2.19. The monoisotopic (exact) mass is 274 g/mol. The van der Waals surface area contributed by atoms with Crippen molar-refractivity contribution in [1.29, 1.82) is 0 Å². The van der Waals surface area contributed by atoms with Crippen LogP contribution in [0.1, 0.15) is 40.5 Å². The van der Waals surface area contributed by atoms with E-state index in [9.17, 15) is 0 Å². The number of hydrogen-bond acceptors (Lipinski definition) is 4. The number of aliphatic imine (C=N–C) groups is 1. The van der Waals surface area contributed by atoms with Crippen molar-refractivity contribution in [3.63, 3.8) is 0 Å². The lowest BCUT2D eigenvalue weighted by Gasteiger charge is -2.13. The average Bonchev–Trinajstić information content (AvgIpc) is 2.64. The molecule has 1 aliphatic rings. The second kappa shape index (κ2) is 8.30. The topological polar surface area (TPSA) is 24.4 Å². The van der Waals surface area contributed by atoms with Crippen LogP contribution >= 0.6 is 23.5 Å². The Morgan fingerprint density at radius 3 is 2.88 bits per heavy atom. The second-order valence-corrected chi connectivity index (χ2v) is 7.46. The second-order valence-electron chi connectivity index (χ2n) is 5.06. The zero-order valence-electron chi connectivity index (χ0n) is 11.5. The van der Waals surface area contributed by atoms with Crippen molar-refractivity contribution in [3.05, 3.63) is 0 Å². The van der Waals surface area contributed by atoms with Crippen molar-refractivity contribution in [2.75, 3.05) is 17.3 Å². The summed E-state index contributed by atoms with van der Waals surface area (Å²) in [7, 11) is 0. The third kappa shape index (κ3) is 6.61. The fraction of sp³-hybridized carbons (Fsp3) is 0.923. The van der Waals surface area contributed by atoms with Crippen LogP contribution < -0.4 is 5.32 Å². The minimum absolute atomic E-state index is 0.541. The Hall–Kier alpha value is 0.170. The zero-order chi connectivity index (χ0) is 12.7. The van der Waals surface area contributed by atoms with Crippen LogP contribution in [0.25, 0.3) is 0 Å². The predicted octanol–water partition coefficient (Wildman–Crippen LogP) is 3.63. The van der Waals surface area contributed by atoms with Crippen molar-refractivity contribution in [3.8, 4) is 0 Å². The van der Waals surface area contributed by atoms with Crippen LogP contribution in [0.2, 0.25) is 0 Å². The van der Waals surface area contributed by atoms with Gasteiger partial charge in [0, 0.05) is 11.8 Å². The summed E-state index contributed by atoms with van der Waals surface area (Å²) in [4.78, 5) is 4.76. The van der Waals surface area contributed by atoms with E-state index >= 15 is 0 Å². The van der Waals surface area contributed by atoms with E-state index in [0.717, 1.165) is 11.7 Å². The van der Waals surface area contributed by atoms with Gasteiger partial charge in [0.15, 0.2) is 5.17 Å². The lowest BCUT2D eigenvalue weighted by molar-refractivity contribution is 0.528. The summed E-state index contributed by atoms with van der Waals surface area (Å²) >= 11 is 3.91. The smallest absolute Gasteiger partial charge is 0.157 e. The van der Waals surface area contributed by atoms with Gasteiger partial charge in [0.2, 0.25) is 0 Å². The Morgan fingerprint density at radius 2 is 2.24 bits per heavy atom. The molecule has 0 fully saturated rings. The lowest BCUT2D eigenvalue weighted by atomic mass is 10.1. The summed E-state index contributed by atoms with van der Waals surface area (Å²) in [6.45, 7) is 9.03. The molecule has 0 spiro atoms. The maximum atomic E-state index is 4.76. The van der Waals surface area contributed by atoms with Gasteiger partial charge in [-0.1, -0.05) is 32.5 Å². The predicted molar refractivity (Wildman–Crippen MR) is 83.3 cm³/mol. The minimum atomic E-state index is 0.541. The number of hydrogen-bond donors (Lipinski definition) is 1. The number of nitrogens with zero attached hydrogens (tertiary/aromatic N) is 1. The van der Waals surface area contributed by atoms with E-state index in [2.05, 4.69) is 33.0 Å². The first-order valence-corrected chi connectivity index (χ1v) is 8.80. The molecule has 17 heavy (non-hydrogen) atoms. The van der Waals surface area contributed by atoms with Crippen LogP contribution in [0, 0.1) is 5.92 Å². The molecule has 1 heterocycles. The van der Waals surface area contributed by atoms with Gasteiger partial charge in [0.25, 0.3) is 0 Å². The number of amidine groups is 1. The van der Waals surface area contributed by atoms with Gasteiger partial charge in [-0.05, 0) is 37.2 Å². The van der Waals surface area contributed by atoms with Gasteiger partial charge in [-0.15, -0.1) is 0 Å². The number of rotatable bonds is 7. The number of nitrogens with one attached hydrogen (secondary N) is 1. The quantitative estimate of drug-likeness (QED) is 0.718. The van der Waals surface area contributed by atoms with Crippen molar-refractivity contribution in [2.45, 2.75) is 52.6 Å². The Labute approximate surface area is 115 Å². The van der Waals surface area contributed by atoms with Crippen LogP contribution in [0.15, 0.2) is 4.99 Å². The zero-order valence-corrected chi connectivity index (χ0v) is 13.2. The molecule has 2 atom stereocenters. The fourth-order valence-corrected chi connectivity index (χ4v) is 3.72. The molecule has 0 aromatic heterocycles. The summed E-state index contributed by atoms with van der Waals surface area (Å²) in [5.74, 6) is 4.38. The van der Waals surface area contributed by atoms with Crippen LogP contribution in [-0.4, -0.2) is 34.5 Å². The molecule has 0 aromatic rings. The largest absolute Gasteiger partial charge is 0.362 e. The Balaban J connectivity index is 2.22. The molecule has 2 unspecified atom stereocenters. The summed E-state index contributed by atoms with van der Waals surface area (Å²) in [6, 6.07) is 1.10. The molecule has 0 saturated carbocycles. The highest BCUT2D eigenvalue weighted by molar-refractivity contribution is 8.14. The normalized spacial score (nSPS) is 21.7. The van der Waals surface area contributed by atoms with Crippen LogP contribution in [0.4, 0.5) is 0 Å². The Morgan fingerprint density at radius 1 is 1.47 bits per heavy atom. The summed E-state index contributed by atoms with van der Waals surface area (Å²) in [5.41, 5.74) is 0. The molecular formula is C13H26N2S2. The van der Waals surface area contributed by atoms with Crippen LogP contribution in [0.3, 0.4) is 0 Å². The Kier molecular flexibility index (Phi) is 7.44. The number of thioether (sulfide) groups is 2. The van der Waals surface area contributed by atoms with Crippen molar-refractivity contribution in [2.24, 2.45) is 10.9 Å². The van der Waals surface area contributed by atoms with Gasteiger partial charge in [0.05, 0.1) is 6.04 Å². The summed E-state index contributed by atoms with van der Waals surface area (Å²) in [6.07, 6.45) is 2.45. The van der Waals surface area contributed by atoms with E-state index in [0.29, 0.717) is 12.1 Å². The van der Waals surface area contributed by atoms with Gasteiger partial charge in [-0.3, -0.25) is 4.99 Å². The van der Waals surface area contributed by atoms with E-state index in [-0.39, 0.29) is 0 Å². The highest BCUT2D eigenvalue weighted by Crippen LogP contribution is 2.22. The fourth-order valence-electron chi connectivity index (χ4n) is 1.85. The van der Waals surface area contributed by atoms with Gasteiger partial charge in [-0.25, -0.2) is 0 Å². The average molecular weight is 274 g/mol. The minimum Gasteiger partial charge on any atom is -0.362 e. The molecule has 1 rings (SSSR count). The lowest BCUT2D eigenvalue weighted by Crippen LogP contribution is -2.30. The molecule has 4 heteroatoms. The van der Waals surface area contributed by atoms with E-state index in [1.165, 1.54) is 29.5 Å². The van der Waals surface area contributed by atoms with E-state index < -0.39 is 0 Å². The van der Waals surface area contributed by atoms with E-state index in [1.54, 1.807) is 0 Å².